The standard InChI is InChI=1S/C8H9.2Y/c1-5-7(3)8(4)6-2;;/h1,3,5H,2,4H3;;/q-3;;. The van der Waals surface area contributed by atoms with Gasteiger partial charge in [0.05, 0.1) is 0 Å². The molecule has 0 unspecified atom stereocenters. The largest absolute Gasteiger partial charge is 0.370 e. The van der Waals surface area contributed by atoms with Gasteiger partial charge in [0.15, 0.2) is 0 Å². The van der Waals surface area contributed by atoms with E-state index in [4.69, 9.17) is 13.2 Å². The summed E-state index contributed by atoms with van der Waals surface area (Å²) in [5.41, 5.74) is 1.49. The monoisotopic (exact) mass is 283 g/mol. The second kappa shape index (κ2) is 10.4. The van der Waals surface area contributed by atoms with E-state index in [2.05, 4.69) is 6.08 Å². The molecule has 50 valence electrons. The van der Waals surface area contributed by atoms with Crippen molar-refractivity contribution in [2.24, 2.45) is 0 Å². The van der Waals surface area contributed by atoms with Crippen LogP contribution in [0.25, 0.3) is 0 Å². The Morgan fingerprint density at radius 1 is 1.40 bits per heavy atom. The Morgan fingerprint density at radius 3 is 1.90 bits per heavy atom. The number of rotatable bonds is 2. The van der Waals surface area contributed by atoms with Crippen molar-refractivity contribution in [3.05, 3.63) is 36.5 Å². The van der Waals surface area contributed by atoms with E-state index in [1.165, 1.54) is 6.08 Å². The fourth-order valence-electron chi connectivity index (χ4n) is 0.269. The van der Waals surface area contributed by atoms with Gasteiger partial charge in [-0.3, -0.25) is 0 Å². The molecular weight excluding hydrogens is 274 g/mol. The van der Waals surface area contributed by atoms with Gasteiger partial charge >= 0.3 is 0 Å². The minimum Gasteiger partial charge on any atom is -0.370 e. The van der Waals surface area contributed by atoms with Crippen LogP contribution in [0.3, 0.4) is 0 Å². The molecule has 0 spiro atoms. The molecular formula is C8H9Y2-3. The third kappa shape index (κ3) is 7.53. The van der Waals surface area contributed by atoms with Gasteiger partial charge in [-0.1, -0.05) is 0 Å². The van der Waals surface area contributed by atoms with Crippen molar-refractivity contribution in [3.63, 3.8) is 0 Å². The van der Waals surface area contributed by atoms with Gasteiger partial charge in [0.2, 0.25) is 0 Å². The third-order valence-corrected chi connectivity index (χ3v) is 0.988. The van der Waals surface area contributed by atoms with E-state index in [9.17, 15) is 0 Å². The second-order valence-corrected chi connectivity index (χ2v) is 1.50. The van der Waals surface area contributed by atoms with E-state index >= 15 is 0 Å². The summed E-state index contributed by atoms with van der Waals surface area (Å²) in [6, 6.07) is 0. The molecule has 0 aliphatic heterocycles. The Balaban J connectivity index is -0.000000245. The van der Waals surface area contributed by atoms with Crippen LogP contribution in [0.15, 0.2) is 17.2 Å². The van der Waals surface area contributed by atoms with Gasteiger partial charge in [-0.25, -0.2) is 0 Å². The van der Waals surface area contributed by atoms with Crippen LogP contribution in [0, 0.1) is 19.2 Å². The zero-order chi connectivity index (χ0) is 6.57. The summed E-state index contributed by atoms with van der Waals surface area (Å²) in [5, 5.41) is 0. The fraction of sp³-hybridized carbons (Fsp3) is 0.250. The smallest absolute Gasteiger partial charge is 0 e. The molecule has 0 aliphatic rings. The predicted octanol–water partition coefficient (Wildman–Crippen LogP) is 2.10. The van der Waals surface area contributed by atoms with Crippen molar-refractivity contribution < 1.29 is 65.4 Å². The van der Waals surface area contributed by atoms with Crippen molar-refractivity contribution in [1.29, 1.82) is 0 Å². The van der Waals surface area contributed by atoms with Gasteiger partial charge in [0.25, 0.3) is 0 Å². The normalized spacial score (nSPS) is 8.80. The SMILES string of the molecule is [CH-]=CC(=[CH-])C(C)=[C-]C.[Y].[Y]. The van der Waals surface area contributed by atoms with Gasteiger partial charge in [-0.05, 0) is 0 Å². The Kier molecular flexibility index (Phi) is 18.2. The average molecular weight is 283 g/mol. The van der Waals surface area contributed by atoms with Crippen LogP contribution in [-0.4, -0.2) is 0 Å². The minimum atomic E-state index is 0. The zero-order valence-electron chi connectivity index (χ0n) is 6.39. The molecule has 0 saturated heterocycles. The summed E-state index contributed by atoms with van der Waals surface area (Å²) in [7, 11) is 0. The molecule has 0 nitrogen and oxygen atoms in total. The molecule has 0 aromatic rings. The molecule has 2 heteroatoms. The molecule has 0 bridgehead atoms. The first-order valence-electron chi connectivity index (χ1n) is 2.41. The van der Waals surface area contributed by atoms with Gasteiger partial charge in [-0.15, -0.1) is 13.8 Å². The maximum Gasteiger partial charge on any atom is 0 e. The Labute approximate surface area is 114 Å². The van der Waals surface area contributed by atoms with E-state index in [1.54, 1.807) is 6.92 Å². The van der Waals surface area contributed by atoms with Crippen molar-refractivity contribution in [2.75, 3.05) is 0 Å². The van der Waals surface area contributed by atoms with Crippen LogP contribution in [0.5, 0.6) is 0 Å². The quantitative estimate of drug-likeness (QED) is 0.538. The summed E-state index contributed by atoms with van der Waals surface area (Å²) in [5.74, 6) is 0. The third-order valence-electron chi connectivity index (χ3n) is 0.988. The molecule has 0 rings (SSSR count). The van der Waals surface area contributed by atoms with Crippen LogP contribution in [0.4, 0.5) is 0 Å². The van der Waals surface area contributed by atoms with E-state index in [1.807, 2.05) is 6.92 Å². The van der Waals surface area contributed by atoms with Gasteiger partial charge in [0.1, 0.15) is 0 Å². The molecule has 0 fully saturated rings. The van der Waals surface area contributed by atoms with Crippen molar-refractivity contribution in [2.45, 2.75) is 13.8 Å². The molecule has 10 heavy (non-hydrogen) atoms. The van der Waals surface area contributed by atoms with Crippen molar-refractivity contribution in [1.82, 2.24) is 0 Å². The molecule has 0 aromatic carbocycles. The predicted molar refractivity (Wildman–Crippen MR) is 34.8 cm³/mol. The average Bonchev–Trinajstić information content (AvgIpc) is 1.84. The van der Waals surface area contributed by atoms with Gasteiger partial charge in [0, 0.05) is 65.4 Å². The summed E-state index contributed by atoms with van der Waals surface area (Å²) >= 11 is 0. The summed E-state index contributed by atoms with van der Waals surface area (Å²) in [4.78, 5) is 0. The first-order chi connectivity index (χ1) is 3.72. The summed E-state index contributed by atoms with van der Waals surface area (Å²) in [6.45, 7) is 14.1. The Morgan fingerprint density at radius 2 is 1.80 bits per heavy atom. The molecule has 0 atom stereocenters. The summed E-state index contributed by atoms with van der Waals surface area (Å²) in [6.07, 6.45) is 4.23. The molecule has 0 saturated carbocycles. The molecule has 0 N–H and O–H groups in total. The van der Waals surface area contributed by atoms with Crippen LogP contribution in [-0.2, 0) is 65.4 Å². The van der Waals surface area contributed by atoms with Crippen molar-refractivity contribution >= 4 is 0 Å². The zero-order valence-corrected chi connectivity index (χ0v) is 12.1. The van der Waals surface area contributed by atoms with E-state index in [0.717, 1.165) is 5.57 Å². The van der Waals surface area contributed by atoms with E-state index < -0.39 is 0 Å². The maximum atomic E-state index is 5.36. The number of hydrogen-bond donors (Lipinski definition) is 0. The fourth-order valence-corrected chi connectivity index (χ4v) is 0.269. The van der Waals surface area contributed by atoms with Crippen molar-refractivity contribution in [3.8, 4) is 0 Å². The second-order valence-electron chi connectivity index (χ2n) is 1.50. The van der Waals surface area contributed by atoms with E-state index in [-0.39, 0.29) is 65.4 Å². The van der Waals surface area contributed by atoms with Gasteiger partial charge < -0.3 is 36.5 Å². The Bertz CT molecular complexity index is 134. The first-order valence-corrected chi connectivity index (χ1v) is 2.41. The molecule has 0 aliphatic carbocycles. The van der Waals surface area contributed by atoms with E-state index in [0.29, 0.717) is 5.57 Å². The van der Waals surface area contributed by atoms with Crippen LogP contribution in [0.2, 0.25) is 0 Å². The summed E-state index contributed by atoms with van der Waals surface area (Å²) < 4.78 is 0. The topological polar surface area (TPSA) is 0 Å². The number of hydrogen-bond acceptors (Lipinski definition) is 0. The van der Waals surface area contributed by atoms with Crippen LogP contribution < -0.4 is 0 Å². The van der Waals surface area contributed by atoms with Gasteiger partial charge in [-0.2, -0.15) is 0 Å². The maximum absolute atomic E-state index is 5.36. The molecule has 2 radical (unpaired) electrons. The molecule has 0 heterocycles. The first kappa shape index (κ1) is 17.5. The number of allylic oxidation sites excluding steroid dienone is 4. The minimum absolute atomic E-state index is 0. The molecule has 0 amide bonds. The Hall–Kier alpha value is 1.43. The molecule has 0 aromatic heterocycles. The van der Waals surface area contributed by atoms with Crippen LogP contribution in [0.1, 0.15) is 13.8 Å². The van der Waals surface area contributed by atoms with Crippen LogP contribution >= 0.6 is 0 Å².